The molecule has 4 N–H and O–H groups in total. The van der Waals surface area contributed by atoms with Gasteiger partial charge in [-0.25, -0.2) is 0 Å². The third kappa shape index (κ3) is 6.06. The van der Waals surface area contributed by atoms with Gasteiger partial charge in [-0.05, 0) is 6.92 Å². The van der Waals surface area contributed by atoms with Gasteiger partial charge >= 0.3 is 11.9 Å². The molecular weight excluding hydrogens is 176 g/mol. The van der Waals surface area contributed by atoms with E-state index in [9.17, 15) is 9.59 Å². The second-order valence-corrected chi connectivity index (χ2v) is 2.38. The first-order chi connectivity index (χ1) is 6.07. The molecule has 0 saturated carbocycles. The van der Waals surface area contributed by atoms with E-state index < -0.39 is 18.0 Å². The fourth-order valence-electron chi connectivity index (χ4n) is 0.488. The monoisotopic (exact) mass is 190 g/mol. The zero-order valence-corrected chi connectivity index (χ0v) is 7.49. The number of esters is 2. The van der Waals surface area contributed by atoms with Crippen LogP contribution in [-0.2, 0) is 19.1 Å². The molecule has 0 radical (unpaired) electrons. The Kier molecular flexibility index (Phi) is 5.82. The molecule has 6 nitrogen and oxygen atoms in total. The van der Waals surface area contributed by atoms with Gasteiger partial charge in [0.25, 0.3) is 0 Å². The van der Waals surface area contributed by atoms with Gasteiger partial charge in [-0.15, -0.1) is 0 Å². The molecule has 6 heteroatoms. The Balaban J connectivity index is 3.36. The predicted molar refractivity (Wildman–Crippen MR) is 44.6 cm³/mol. The molecular formula is C7H14N2O4. The van der Waals surface area contributed by atoms with Crippen LogP contribution in [0.1, 0.15) is 6.92 Å². The van der Waals surface area contributed by atoms with Crippen LogP contribution >= 0.6 is 0 Å². The van der Waals surface area contributed by atoms with Crippen LogP contribution in [0, 0.1) is 0 Å². The number of carbonyl (C=O) groups is 2. The summed E-state index contributed by atoms with van der Waals surface area (Å²) in [7, 11) is 0. The topological polar surface area (TPSA) is 105 Å². The largest absolute Gasteiger partial charge is 0.461 e. The molecule has 0 spiro atoms. The summed E-state index contributed by atoms with van der Waals surface area (Å²) in [5.41, 5.74) is 10.2. The van der Waals surface area contributed by atoms with Gasteiger partial charge in [0.05, 0.1) is 6.54 Å². The SMILES string of the molecule is CC(N)C(=O)OCCOC(=O)CN. The first-order valence-electron chi connectivity index (χ1n) is 3.86. The summed E-state index contributed by atoms with van der Waals surface area (Å²) in [5.74, 6) is -1.05. The first kappa shape index (κ1) is 11.9. The van der Waals surface area contributed by atoms with E-state index in [1.807, 2.05) is 0 Å². The lowest BCUT2D eigenvalue weighted by Crippen LogP contribution is -2.30. The van der Waals surface area contributed by atoms with Crippen molar-refractivity contribution < 1.29 is 19.1 Å². The number of carbonyl (C=O) groups excluding carboxylic acids is 2. The Bertz CT molecular complexity index is 181. The second kappa shape index (κ2) is 6.38. The molecule has 0 saturated heterocycles. The smallest absolute Gasteiger partial charge is 0.322 e. The van der Waals surface area contributed by atoms with E-state index in [1.165, 1.54) is 6.92 Å². The van der Waals surface area contributed by atoms with Gasteiger partial charge in [0.1, 0.15) is 19.3 Å². The van der Waals surface area contributed by atoms with Gasteiger partial charge in [-0.2, -0.15) is 0 Å². The van der Waals surface area contributed by atoms with Crippen LogP contribution in [0.15, 0.2) is 0 Å². The highest BCUT2D eigenvalue weighted by atomic mass is 16.6. The van der Waals surface area contributed by atoms with E-state index in [4.69, 9.17) is 11.5 Å². The quantitative estimate of drug-likeness (QED) is 0.398. The summed E-state index contributed by atoms with van der Waals surface area (Å²) in [6.45, 7) is 1.34. The minimum Gasteiger partial charge on any atom is -0.461 e. The average molecular weight is 190 g/mol. The molecule has 0 heterocycles. The van der Waals surface area contributed by atoms with Crippen LogP contribution < -0.4 is 11.5 Å². The highest BCUT2D eigenvalue weighted by Crippen LogP contribution is 1.84. The van der Waals surface area contributed by atoms with Crippen molar-refractivity contribution in [1.29, 1.82) is 0 Å². The third-order valence-corrected chi connectivity index (χ3v) is 1.13. The Labute approximate surface area is 76.2 Å². The van der Waals surface area contributed by atoms with E-state index in [-0.39, 0.29) is 19.8 Å². The van der Waals surface area contributed by atoms with Crippen LogP contribution in [0.2, 0.25) is 0 Å². The maximum absolute atomic E-state index is 10.7. The van der Waals surface area contributed by atoms with Crippen molar-refractivity contribution in [2.75, 3.05) is 19.8 Å². The zero-order chi connectivity index (χ0) is 10.3. The minimum absolute atomic E-state index is 0.00606. The second-order valence-electron chi connectivity index (χ2n) is 2.38. The van der Waals surface area contributed by atoms with E-state index in [0.717, 1.165) is 0 Å². The minimum atomic E-state index is -0.662. The highest BCUT2D eigenvalue weighted by molar-refractivity contribution is 5.75. The van der Waals surface area contributed by atoms with Crippen LogP contribution in [-0.4, -0.2) is 37.7 Å². The Morgan fingerprint density at radius 2 is 1.85 bits per heavy atom. The van der Waals surface area contributed by atoms with Crippen molar-refractivity contribution in [1.82, 2.24) is 0 Å². The van der Waals surface area contributed by atoms with Crippen molar-refractivity contribution in [2.24, 2.45) is 11.5 Å². The van der Waals surface area contributed by atoms with Gasteiger partial charge in [0.15, 0.2) is 0 Å². The van der Waals surface area contributed by atoms with Crippen LogP contribution in [0.3, 0.4) is 0 Å². The van der Waals surface area contributed by atoms with E-state index in [0.29, 0.717) is 0 Å². The standard InChI is InChI=1S/C7H14N2O4/c1-5(9)7(11)13-3-2-12-6(10)4-8/h5H,2-4,8-9H2,1H3. The normalized spacial score (nSPS) is 11.9. The predicted octanol–water partition coefficient (Wildman–Crippen LogP) is -1.62. The summed E-state index contributed by atoms with van der Waals surface area (Å²) in [6, 6.07) is -0.662. The van der Waals surface area contributed by atoms with E-state index in [1.54, 1.807) is 0 Å². The number of hydrogen-bond donors (Lipinski definition) is 2. The molecule has 0 aromatic heterocycles. The molecule has 13 heavy (non-hydrogen) atoms. The van der Waals surface area contributed by atoms with Gasteiger partial charge in [-0.3, -0.25) is 9.59 Å². The molecule has 0 aromatic rings. The van der Waals surface area contributed by atoms with Crippen molar-refractivity contribution >= 4 is 11.9 Å². The maximum atomic E-state index is 10.7. The maximum Gasteiger partial charge on any atom is 0.322 e. The van der Waals surface area contributed by atoms with Crippen molar-refractivity contribution in [3.63, 3.8) is 0 Å². The summed E-state index contributed by atoms with van der Waals surface area (Å²) in [4.78, 5) is 21.2. The summed E-state index contributed by atoms with van der Waals surface area (Å²) >= 11 is 0. The highest BCUT2D eigenvalue weighted by Gasteiger charge is 2.08. The van der Waals surface area contributed by atoms with Crippen molar-refractivity contribution in [3.05, 3.63) is 0 Å². The van der Waals surface area contributed by atoms with Gasteiger partial charge in [0, 0.05) is 0 Å². The molecule has 1 unspecified atom stereocenters. The van der Waals surface area contributed by atoms with Gasteiger partial charge in [-0.1, -0.05) is 0 Å². The zero-order valence-electron chi connectivity index (χ0n) is 7.49. The molecule has 0 aromatic carbocycles. The van der Waals surface area contributed by atoms with Crippen LogP contribution in [0.4, 0.5) is 0 Å². The molecule has 0 bridgehead atoms. The fraction of sp³-hybridized carbons (Fsp3) is 0.714. The lowest BCUT2D eigenvalue weighted by molar-refractivity contribution is -0.152. The Morgan fingerprint density at radius 3 is 2.31 bits per heavy atom. The molecule has 0 aliphatic carbocycles. The van der Waals surface area contributed by atoms with Crippen molar-refractivity contribution in [3.8, 4) is 0 Å². The number of nitrogens with two attached hydrogens (primary N) is 2. The molecule has 0 fully saturated rings. The molecule has 1 atom stereocenters. The van der Waals surface area contributed by atoms with Crippen LogP contribution in [0.25, 0.3) is 0 Å². The lowest BCUT2D eigenvalue weighted by atomic mass is 10.4. The van der Waals surface area contributed by atoms with Gasteiger partial charge < -0.3 is 20.9 Å². The van der Waals surface area contributed by atoms with Crippen LogP contribution in [0.5, 0.6) is 0 Å². The Hall–Kier alpha value is -1.14. The molecule has 76 valence electrons. The van der Waals surface area contributed by atoms with E-state index in [2.05, 4.69) is 9.47 Å². The summed E-state index contributed by atoms with van der Waals surface area (Å²) in [6.07, 6.45) is 0. The first-order valence-corrected chi connectivity index (χ1v) is 3.86. The fourth-order valence-corrected chi connectivity index (χ4v) is 0.488. The molecule has 0 aliphatic rings. The summed E-state index contributed by atoms with van der Waals surface area (Å²) in [5, 5.41) is 0. The third-order valence-electron chi connectivity index (χ3n) is 1.13. The van der Waals surface area contributed by atoms with Gasteiger partial charge in [0.2, 0.25) is 0 Å². The molecule has 0 amide bonds. The van der Waals surface area contributed by atoms with Crippen molar-refractivity contribution in [2.45, 2.75) is 13.0 Å². The summed E-state index contributed by atoms with van der Waals surface area (Å²) < 4.78 is 9.16. The lowest BCUT2D eigenvalue weighted by Gasteiger charge is -2.06. The Morgan fingerprint density at radius 1 is 1.31 bits per heavy atom. The number of hydrogen-bond acceptors (Lipinski definition) is 6. The average Bonchev–Trinajstić information content (AvgIpc) is 2.11. The molecule has 0 rings (SSSR count). The number of rotatable bonds is 5. The van der Waals surface area contributed by atoms with E-state index >= 15 is 0 Å². The molecule has 0 aliphatic heterocycles. The number of ether oxygens (including phenoxy) is 2.